The van der Waals surface area contributed by atoms with Crippen LogP contribution in [0.15, 0.2) is 0 Å². The van der Waals surface area contributed by atoms with E-state index in [0.29, 0.717) is 13.0 Å². The minimum atomic E-state index is -0.0625. The topological polar surface area (TPSA) is 29.5 Å². The molecule has 0 amide bonds. The van der Waals surface area contributed by atoms with Crippen LogP contribution in [0.4, 0.5) is 0 Å². The minimum absolute atomic E-state index is 0.0625. The van der Waals surface area contributed by atoms with Gasteiger partial charge in [-0.1, -0.05) is 13.3 Å². The molecule has 3 heteroatoms. The average molecular weight is 199 g/mol. The van der Waals surface area contributed by atoms with Crippen LogP contribution in [0.25, 0.3) is 0 Å². The summed E-state index contributed by atoms with van der Waals surface area (Å²) >= 11 is 0. The van der Waals surface area contributed by atoms with Gasteiger partial charge in [0, 0.05) is 13.1 Å². The molecule has 3 nitrogen and oxygen atoms in total. The fourth-order valence-corrected chi connectivity index (χ4v) is 1.93. The highest BCUT2D eigenvalue weighted by atomic mass is 16.5. The maximum atomic E-state index is 11.1. The SMILES string of the molecule is CCOC(=O)CCN1CCC(CC)C1. The van der Waals surface area contributed by atoms with E-state index in [4.69, 9.17) is 4.74 Å². The van der Waals surface area contributed by atoms with Gasteiger partial charge in [-0.05, 0) is 25.8 Å². The number of rotatable bonds is 5. The summed E-state index contributed by atoms with van der Waals surface area (Å²) in [6, 6.07) is 0. The van der Waals surface area contributed by atoms with Crippen LogP contribution in [0.5, 0.6) is 0 Å². The molecule has 14 heavy (non-hydrogen) atoms. The van der Waals surface area contributed by atoms with Crippen molar-refractivity contribution in [3.8, 4) is 0 Å². The lowest BCUT2D eigenvalue weighted by Crippen LogP contribution is -2.24. The van der Waals surface area contributed by atoms with Crippen LogP contribution in [-0.4, -0.2) is 37.1 Å². The van der Waals surface area contributed by atoms with Crippen LogP contribution < -0.4 is 0 Å². The molecule has 82 valence electrons. The second-order valence-corrected chi connectivity index (χ2v) is 3.92. The fourth-order valence-electron chi connectivity index (χ4n) is 1.93. The Hall–Kier alpha value is -0.570. The summed E-state index contributed by atoms with van der Waals surface area (Å²) < 4.78 is 4.89. The van der Waals surface area contributed by atoms with Crippen molar-refractivity contribution in [2.75, 3.05) is 26.2 Å². The molecule has 1 unspecified atom stereocenters. The number of esters is 1. The van der Waals surface area contributed by atoms with Gasteiger partial charge in [0.2, 0.25) is 0 Å². The van der Waals surface area contributed by atoms with Crippen molar-refractivity contribution in [3.63, 3.8) is 0 Å². The first-order valence-corrected chi connectivity index (χ1v) is 5.64. The largest absolute Gasteiger partial charge is 0.466 e. The lowest BCUT2D eigenvalue weighted by molar-refractivity contribution is -0.143. The van der Waals surface area contributed by atoms with Gasteiger partial charge in [-0.3, -0.25) is 4.79 Å². The number of nitrogens with zero attached hydrogens (tertiary/aromatic N) is 1. The van der Waals surface area contributed by atoms with Gasteiger partial charge in [0.25, 0.3) is 0 Å². The number of ether oxygens (including phenoxy) is 1. The van der Waals surface area contributed by atoms with Gasteiger partial charge < -0.3 is 9.64 Å². The first kappa shape index (κ1) is 11.5. The van der Waals surface area contributed by atoms with Gasteiger partial charge in [-0.25, -0.2) is 0 Å². The van der Waals surface area contributed by atoms with Crippen LogP contribution in [0.2, 0.25) is 0 Å². The summed E-state index contributed by atoms with van der Waals surface area (Å²) in [4.78, 5) is 13.5. The summed E-state index contributed by atoms with van der Waals surface area (Å²) in [6.07, 6.45) is 3.10. The standard InChI is InChI=1S/C11H21NO2/c1-3-10-5-7-12(9-10)8-6-11(13)14-4-2/h10H,3-9H2,1-2H3. The predicted molar refractivity (Wildman–Crippen MR) is 56.1 cm³/mol. The van der Waals surface area contributed by atoms with E-state index in [2.05, 4.69) is 11.8 Å². The van der Waals surface area contributed by atoms with E-state index < -0.39 is 0 Å². The van der Waals surface area contributed by atoms with Gasteiger partial charge in [0.05, 0.1) is 13.0 Å². The van der Waals surface area contributed by atoms with Crippen LogP contribution in [-0.2, 0) is 9.53 Å². The molecule has 1 heterocycles. The van der Waals surface area contributed by atoms with E-state index in [1.807, 2.05) is 6.92 Å². The zero-order chi connectivity index (χ0) is 10.4. The Labute approximate surface area is 86.4 Å². The monoisotopic (exact) mass is 199 g/mol. The Balaban J connectivity index is 2.11. The van der Waals surface area contributed by atoms with Gasteiger partial charge in [-0.15, -0.1) is 0 Å². The number of hydrogen-bond acceptors (Lipinski definition) is 3. The molecule has 1 aliphatic heterocycles. The van der Waals surface area contributed by atoms with E-state index >= 15 is 0 Å². The molecule has 0 bridgehead atoms. The highest BCUT2D eigenvalue weighted by Crippen LogP contribution is 2.18. The highest BCUT2D eigenvalue weighted by Gasteiger charge is 2.20. The van der Waals surface area contributed by atoms with Crippen molar-refractivity contribution in [1.29, 1.82) is 0 Å². The molecule has 1 rings (SSSR count). The number of carbonyl (C=O) groups excluding carboxylic acids is 1. The molecule has 0 spiro atoms. The third-order valence-corrected chi connectivity index (χ3v) is 2.88. The maximum absolute atomic E-state index is 11.1. The van der Waals surface area contributed by atoms with Crippen molar-refractivity contribution in [1.82, 2.24) is 4.90 Å². The second-order valence-electron chi connectivity index (χ2n) is 3.92. The quantitative estimate of drug-likeness (QED) is 0.631. The number of hydrogen-bond donors (Lipinski definition) is 0. The van der Waals surface area contributed by atoms with Crippen molar-refractivity contribution in [2.24, 2.45) is 5.92 Å². The van der Waals surface area contributed by atoms with E-state index in [9.17, 15) is 4.79 Å². The van der Waals surface area contributed by atoms with Gasteiger partial charge >= 0.3 is 5.97 Å². The zero-order valence-electron chi connectivity index (χ0n) is 9.29. The lowest BCUT2D eigenvalue weighted by atomic mass is 10.1. The van der Waals surface area contributed by atoms with Crippen molar-refractivity contribution in [3.05, 3.63) is 0 Å². The predicted octanol–water partition coefficient (Wildman–Crippen LogP) is 1.67. The third-order valence-electron chi connectivity index (χ3n) is 2.88. The fraction of sp³-hybridized carbons (Fsp3) is 0.909. The molecule has 0 aromatic heterocycles. The summed E-state index contributed by atoms with van der Waals surface area (Å²) in [5.74, 6) is 0.782. The molecule has 1 atom stereocenters. The van der Waals surface area contributed by atoms with E-state index in [-0.39, 0.29) is 5.97 Å². The summed E-state index contributed by atoms with van der Waals surface area (Å²) in [5.41, 5.74) is 0. The molecule has 0 aromatic carbocycles. The average Bonchev–Trinajstić information content (AvgIpc) is 2.63. The van der Waals surface area contributed by atoms with Gasteiger partial charge in [0.1, 0.15) is 0 Å². The summed E-state index contributed by atoms with van der Waals surface area (Å²) in [5, 5.41) is 0. The Kier molecular flexibility index (Phi) is 4.94. The minimum Gasteiger partial charge on any atom is -0.466 e. The molecule has 1 fully saturated rings. The van der Waals surface area contributed by atoms with Crippen LogP contribution in [0.1, 0.15) is 33.1 Å². The van der Waals surface area contributed by atoms with Crippen LogP contribution in [0, 0.1) is 5.92 Å². The Bertz CT molecular complexity index is 182. The van der Waals surface area contributed by atoms with Crippen LogP contribution in [0.3, 0.4) is 0 Å². The smallest absolute Gasteiger partial charge is 0.307 e. The van der Waals surface area contributed by atoms with E-state index in [1.165, 1.54) is 12.8 Å². The van der Waals surface area contributed by atoms with Gasteiger partial charge in [0.15, 0.2) is 0 Å². The molecule has 1 aliphatic rings. The Morgan fingerprint density at radius 1 is 1.50 bits per heavy atom. The maximum Gasteiger partial charge on any atom is 0.307 e. The molecule has 0 N–H and O–H groups in total. The molecule has 0 saturated carbocycles. The Morgan fingerprint density at radius 3 is 2.86 bits per heavy atom. The summed E-state index contributed by atoms with van der Waals surface area (Å²) in [7, 11) is 0. The highest BCUT2D eigenvalue weighted by molar-refractivity contribution is 5.69. The van der Waals surface area contributed by atoms with Crippen LogP contribution >= 0.6 is 0 Å². The first-order chi connectivity index (χ1) is 6.76. The second kappa shape index (κ2) is 6.02. The zero-order valence-corrected chi connectivity index (χ0v) is 9.29. The van der Waals surface area contributed by atoms with Crippen molar-refractivity contribution in [2.45, 2.75) is 33.1 Å². The normalized spacial score (nSPS) is 22.6. The lowest BCUT2D eigenvalue weighted by Gasteiger charge is -2.14. The van der Waals surface area contributed by atoms with Gasteiger partial charge in [-0.2, -0.15) is 0 Å². The van der Waals surface area contributed by atoms with E-state index in [0.717, 1.165) is 25.6 Å². The molecule has 0 radical (unpaired) electrons. The van der Waals surface area contributed by atoms with E-state index in [1.54, 1.807) is 0 Å². The molecule has 0 aromatic rings. The Morgan fingerprint density at radius 2 is 2.29 bits per heavy atom. The third kappa shape index (κ3) is 3.66. The molecular weight excluding hydrogens is 178 g/mol. The molecular formula is C11H21NO2. The molecule has 1 saturated heterocycles. The molecule has 0 aliphatic carbocycles. The first-order valence-electron chi connectivity index (χ1n) is 5.64. The van der Waals surface area contributed by atoms with Crippen molar-refractivity contribution >= 4 is 5.97 Å². The number of likely N-dealkylation sites (tertiary alicyclic amines) is 1. The number of carbonyl (C=O) groups is 1. The summed E-state index contributed by atoms with van der Waals surface area (Å²) in [6.45, 7) is 7.76. The van der Waals surface area contributed by atoms with Crippen molar-refractivity contribution < 1.29 is 9.53 Å².